The quantitative estimate of drug-likeness (QED) is 0.721. The van der Waals surface area contributed by atoms with Crippen molar-refractivity contribution in [2.45, 2.75) is 84.2 Å². The average Bonchev–Trinajstić information content (AvgIpc) is 3.08. The molecule has 0 spiro atoms. The van der Waals surface area contributed by atoms with Crippen molar-refractivity contribution in [3.63, 3.8) is 0 Å². The zero-order valence-corrected chi connectivity index (χ0v) is 16.6. The van der Waals surface area contributed by atoms with Crippen molar-refractivity contribution in [3.8, 4) is 0 Å². The topological polar surface area (TPSA) is 76.0 Å². The van der Waals surface area contributed by atoms with Gasteiger partial charge in [-0.3, -0.25) is 9.59 Å². The molecule has 1 aliphatic carbocycles. The molecule has 1 aliphatic heterocycles. The molecule has 1 atom stereocenters. The Labute approximate surface area is 161 Å². The molecule has 1 unspecified atom stereocenters. The Morgan fingerprint density at radius 3 is 2.74 bits per heavy atom. The molecule has 2 N–H and O–H groups in total. The third-order valence-corrected chi connectivity index (χ3v) is 5.64. The lowest BCUT2D eigenvalue weighted by atomic mass is 9.97. The first-order chi connectivity index (χ1) is 13.1. The molecule has 1 aromatic rings. The number of carbonyl (C=O) groups is 2. The number of aromatic nitrogens is 2. The van der Waals surface area contributed by atoms with Crippen LogP contribution in [0.15, 0.2) is 11.6 Å². The van der Waals surface area contributed by atoms with Crippen LogP contribution in [-0.2, 0) is 13.0 Å². The van der Waals surface area contributed by atoms with Gasteiger partial charge < -0.3 is 15.2 Å². The number of hydrogen-bond donors (Lipinski definition) is 2. The van der Waals surface area contributed by atoms with E-state index < -0.39 is 0 Å². The van der Waals surface area contributed by atoms with Gasteiger partial charge in [-0.05, 0) is 64.7 Å². The Balaban J connectivity index is 1.69. The number of fused-ring (bicyclic) bond motifs is 1. The molecule has 2 heterocycles. The van der Waals surface area contributed by atoms with E-state index in [0.717, 1.165) is 57.2 Å². The SMILES string of the molecule is CCC(C)NC(=O)c1nc(C(=O)NCCC2=CCCCC2)c2n1CCCC2. The van der Waals surface area contributed by atoms with Crippen LogP contribution in [0.25, 0.3) is 0 Å². The minimum atomic E-state index is -0.182. The number of nitrogens with zero attached hydrogens (tertiary/aromatic N) is 2. The Bertz CT molecular complexity index is 720. The highest BCUT2D eigenvalue weighted by atomic mass is 16.2. The van der Waals surface area contributed by atoms with Crippen molar-refractivity contribution in [3.05, 3.63) is 28.9 Å². The maximum Gasteiger partial charge on any atom is 0.287 e. The smallest absolute Gasteiger partial charge is 0.287 e. The van der Waals surface area contributed by atoms with E-state index in [1.54, 1.807) is 0 Å². The summed E-state index contributed by atoms with van der Waals surface area (Å²) in [4.78, 5) is 29.8. The van der Waals surface area contributed by atoms with Gasteiger partial charge in [0.15, 0.2) is 5.82 Å². The van der Waals surface area contributed by atoms with Crippen LogP contribution in [0.2, 0.25) is 0 Å². The van der Waals surface area contributed by atoms with Crippen LogP contribution in [0.1, 0.15) is 92.0 Å². The Hall–Kier alpha value is -2.11. The number of rotatable bonds is 7. The molecule has 6 heteroatoms. The molecule has 148 valence electrons. The summed E-state index contributed by atoms with van der Waals surface area (Å²) in [5.41, 5.74) is 2.79. The second kappa shape index (κ2) is 9.20. The predicted octanol–water partition coefficient (Wildman–Crippen LogP) is 3.37. The van der Waals surface area contributed by atoms with E-state index in [1.165, 1.54) is 18.4 Å². The highest BCUT2D eigenvalue weighted by Crippen LogP contribution is 2.22. The normalized spacial score (nSPS) is 17.6. The summed E-state index contributed by atoms with van der Waals surface area (Å²) >= 11 is 0. The lowest BCUT2D eigenvalue weighted by Crippen LogP contribution is -2.34. The summed E-state index contributed by atoms with van der Waals surface area (Å²) in [7, 11) is 0. The molecular weight excluding hydrogens is 340 g/mol. The third kappa shape index (κ3) is 4.79. The average molecular weight is 373 g/mol. The fourth-order valence-corrected chi connectivity index (χ4v) is 3.84. The minimum Gasteiger partial charge on any atom is -0.350 e. The van der Waals surface area contributed by atoms with Crippen molar-refractivity contribution >= 4 is 11.8 Å². The molecule has 0 radical (unpaired) electrons. The summed E-state index contributed by atoms with van der Waals surface area (Å²) in [6.07, 6.45) is 11.8. The van der Waals surface area contributed by atoms with Crippen molar-refractivity contribution in [2.75, 3.05) is 6.54 Å². The fourth-order valence-electron chi connectivity index (χ4n) is 3.84. The summed E-state index contributed by atoms with van der Waals surface area (Å²) in [5.74, 6) is 0.0451. The molecule has 0 aromatic carbocycles. The van der Waals surface area contributed by atoms with E-state index in [9.17, 15) is 9.59 Å². The van der Waals surface area contributed by atoms with Gasteiger partial charge in [0.05, 0.1) is 5.69 Å². The van der Waals surface area contributed by atoms with E-state index in [-0.39, 0.29) is 17.9 Å². The molecule has 1 aromatic heterocycles. The molecule has 2 amide bonds. The van der Waals surface area contributed by atoms with Crippen LogP contribution in [0.5, 0.6) is 0 Å². The Morgan fingerprint density at radius 1 is 1.19 bits per heavy atom. The standard InChI is InChI=1S/C21H32N4O2/c1-3-15(2)23-21(27)19-24-18(17-11-7-8-14-25(17)19)20(26)22-13-12-16-9-5-4-6-10-16/h9,15H,3-8,10-14H2,1-2H3,(H,22,26)(H,23,27). The largest absolute Gasteiger partial charge is 0.350 e. The highest BCUT2D eigenvalue weighted by molar-refractivity contribution is 5.97. The molecule has 0 bridgehead atoms. The van der Waals surface area contributed by atoms with Crippen molar-refractivity contribution in [2.24, 2.45) is 0 Å². The molecular formula is C21H32N4O2. The maximum atomic E-state index is 12.7. The molecule has 0 saturated heterocycles. The van der Waals surface area contributed by atoms with E-state index in [0.29, 0.717) is 18.1 Å². The number of nitrogens with one attached hydrogen (secondary N) is 2. The first-order valence-corrected chi connectivity index (χ1v) is 10.5. The van der Waals surface area contributed by atoms with Crippen LogP contribution >= 0.6 is 0 Å². The van der Waals surface area contributed by atoms with Gasteiger partial charge in [0.1, 0.15) is 5.69 Å². The van der Waals surface area contributed by atoms with Gasteiger partial charge in [-0.15, -0.1) is 0 Å². The van der Waals surface area contributed by atoms with Crippen molar-refractivity contribution in [1.82, 2.24) is 20.2 Å². The monoisotopic (exact) mass is 372 g/mol. The summed E-state index contributed by atoms with van der Waals surface area (Å²) in [6, 6.07) is 0.0927. The summed E-state index contributed by atoms with van der Waals surface area (Å²) in [6.45, 7) is 5.40. The van der Waals surface area contributed by atoms with Crippen LogP contribution < -0.4 is 10.6 Å². The minimum absolute atomic E-state index is 0.0927. The number of hydrogen-bond acceptors (Lipinski definition) is 3. The number of carbonyl (C=O) groups excluding carboxylic acids is 2. The first-order valence-electron chi connectivity index (χ1n) is 10.5. The highest BCUT2D eigenvalue weighted by Gasteiger charge is 2.27. The van der Waals surface area contributed by atoms with Gasteiger partial charge in [-0.1, -0.05) is 18.6 Å². The summed E-state index contributed by atoms with van der Waals surface area (Å²) < 4.78 is 1.94. The maximum absolute atomic E-state index is 12.7. The molecule has 6 nitrogen and oxygen atoms in total. The van der Waals surface area contributed by atoms with Crippen molar-refractivity contribution in [1.29, 1.82) is 0 Å². The molecule has 3 rings (SSSR count). The van der Waals surface area contributed by atoms with Crippen LogP contribution in [0.3, 0.4) is 0 Å². The number of amides is 2. The van der Waals surface area contributed by atoms with Gasteiger partial charge in [0.25, 0.3) is 11.8 Å². The molecule has 0 fully saturated rings. The second-order valence-electron chi connectivity index (χ2n) is 7.74. The van der Waals surface area contributed by atoms with E-state index >= 15 is 0 Å². The van der Waals surface area contributed by atoms with Crippen LogP contribution in [0, 0.1) is 0 Å². The van der Waals surface area contributed by atoms with E-state index in [1.807, 2.05) is 18.4 Å². The first kappa shape index (κ1) is 19.6. The summed E-state index contributed by atoms with van der Waals surface area (Å²) in [5, 5.41) is 5.99. The lowest BCUT2D eigenvalue weighted by Gasteiger charge is -2.18. The van der Waals surface area contributed by atoms with Gasteiger partial charge in [-0.2, -0.15) is 0 Å². The zero-order valence-electron chi connectivity index (χ0n) is 16.6. The van der Waals surface area contributed by atoms with Gasteiger partial charge in [-0.25, -0.2) is 4.98 Å². The Morgan fingerprint density at radius 2 is 2.00 bits per heavy atom. The van der Waals surface area contributed by atoms with Gasteiger partial charge >= 0.3 is 0 Å². The second-order valence-corrected chi connectivity index (χ2v) is 7.74. The van der Waals surface area contributed by atoms with Crippen LogP contribution in [-0.4, -0.2) is 34.0 Å². The molecule has 27 heavy (non-hydrogen) atoms. The third-order valence-electron chi connectivity index (χ3n) is 5.64. The van der Waals surface area contributed by atoms with Crippen molar-refractivity contribution < 1.29 is 9.59 Å². The lowest BCUT2D eigenvalue weighted by molar-refractivity contribution is 0.0923. The van der Waals surface area contributed by atoms with E-state index in [2.05, 4.69) is 21.7 Å². The molecule has 0 saturated carbocycles. The van der Waals surface area contributed by atoms with Crippen LogP contribution in [0.4, 0.5) is 0 Å². The number of imidazole rings is 1. The van der Waals surface area contributed by atoms with E-state index in [4.69, 9.17) is 0 Å². The van der Waals surface area contributed by atoms with Gasteiger partial charge in [0.2, 0.25) is 0 Å². The Kier molecular flexibility index (Phi) is 6.69. The molecule has 2 aliphatic rings. The fraction of sp³-hybridized carbons (Fsp3) is 0.667. The number of allylic oxidation sites excluding steroid dienone is 1. The van der Waals surface area contributed by atoms with Gasteiger partial charge in [0, 0.05) is 19.1 Å². The zero-order chi connectivity index (χ0) is 19.2. The predicted molar refractivity (Wildman–Crippen MR) is 106 cm³/mol.